The van der Waals surface area contributed by atoms with Crippen molar-refractivity contribution in [2.24, 2.45) is 0 Å². The molecule has 2 heterocycles. The van der Waals surface area contributed by atoms with Gasteiger partial charge < -0.3 is 9.13 Å². The van der Waals surface area contributed by atoms with Gasteiger partial charge in [0.2, 0.25) is 0 Å². The first-order valence-electron chi connectivity index (χ1n) is 25.7. The number of para-hydroxylation sites is 2. The molecule has 0 aliphatic heterocycles. The third kappa shape index (κ3) is 6.62. The molecular formula is C72H42N4. The molecule has 4 heteroatoms. The molecule has 76 heavy (non-hydrogen) atoms. The van der Waals surface area contributed by atoms with E-state index in [1.54, 1.807) is 0 Å². The molecule has 0 N–H and O–H groups in total. The summed E-state index contributed by atoms with van der Waals surface area (Å²) in [6.45, 7) is 0. The maximum Gasteiger partial charge on any atom is 0.0992 e. The Labute approximate surface area is 438 Å². The van der Waals surface area contributed by atoms with Crippen molar-refractivity contribution in [3.8, 4) is 68.0 Å². The molecule has 0 aliphatic carbocycles. The van der Waals surface area contributed by atoms with Crippen LogP contribution in [0.15, 0.2) is 255 Å². The first-order valence-corrected chi connectivity index (χ1v) is 25.7. The minimum absolute atomic E-state index is 0.633. The largest absolute Gasteiger partial charge is 0.309 e. The molecule has 13 aromatic carbocycles. The lowest BCUT2D eigenvalue weighted by molar-refractivity contribution is 1.18. The van der Waals surface area contributed by atoms with Crippen LogP contribution in [0, 0.1) is 22.7 Å². The molecule has 0 fully saturated rings. The number of nitrogens with zero attached hydrogens (tertiary/aromatic N) is 4. The highest BCUT2D eigenvalue weighted by Gasteiger charge is 2.23. The highest BCUT2D eigenvalue weighted by molar-refractivity contribution is 6.26. The van der Waals surface area contributed by atoms with Crippen LogP contribution in [0.5, 0.6) is 0 Å². The van der Waals surface area contributed by atoms with Crippen LogP contribution in [0.1, 0.15) is 11.1 Å². The SMILES string of the molecule is N#Cc1ccc2c3ccc(-c4ccc5c(-c6cccc7ccccc67)c6cc(-c7ccc8c9ccc(C#N)cc9n(-c9ccccc9)c8c7)ccc6c(-c6cccc7ccccc67)c5c4)cc3n(-c3ccccc3)c2c1. The van der Waals surface area contributed by atoms with Crippen LogP contribution in [0.3, 0.4) is 0 Å². The van der Waals surface area contributed by atoms with E-state index >= 15 is 0 Å². The molecule has 2 aromatic heterocycles. The average Bonchev–Trinajstić information content (AvgIpc) is 4.11. The van der Waals surface area contributed by atoms with E-state index < -0.39 is 0 Å². The van der Waals surface area contributed by atoms with Gasteiger partial charge in [0.1, 0.15) is 0 Å². The van der Waals surface area contributed by atoms with Crippen LogP contribution >= 0.6 is 0 Å². The van der Waals surface area contributed by atoms with Crippen molar-refractivity contribution in [1.82, 2.24) is 9.13 Å². The first-order chi connectivity index (χ1) is 37.6. The minimum Gasteiger partial charge on any atom is -0.309 e. The van der Waals surface area contributed by atoms with Crippen molar-refractivity contribution in [1.29, 1.82) is 10.5 Å². The summed E-state index contributed by atoms with van der Waals surface area (Å²) in [6.07, 6.45) is 0. The van der Waals surface area contributed by atoms with E-state index in [0.717, 1.165) is 77.2 Å². The van der Waals surface area contributed by atoms with Crippen molar-refractivity contribution in [3.63, 3.8) is 0 Å². The van der Waals surface area contributed by atoms with E-state index in [0.29, 0.717) is 11.1 Å². The van der Waals surface area contributed by atoms with Crippen LogP contribution in [0.4, 0.5) is 0 Å². The van der Waals surface area contributed by atoms with Gasteiger partial charge in [-0.25, -0.2) is 0 Å². The predicted molar refractivity (Wildman–Crippen MR) is 316 cm³/mol. The Morgan fingerprint density at radius 3 is 1.01 bits per heavy atom. The molecule has 0 radical (unpaired) electrons. The second-order valence-electron chi connectivity index (χ2n) is 19.8. The summed E-state index contributed by atoms with van der Waals surface area (Å²) in [5.41, 5.74) is 16.7. The fraction of sp³-hybridized carbons (Fsp3) is 0. The highest BCUT2D eigenvalue weighted by atomic mass is 15.0. The lowest BCUT2D eigenvalue weighted by Gasteiger charge is -2.21. The van der Waals surface area contributed by atoms with E-state index in [1.165, 1.54) is 65.3 Å². The summed E-state index contributed by atoms with van der Waals surface area (Å²) in [6, 6.07) is 96.4. The maximum absolute atomic E-state index is 10.0. The normalized spacial score (nSPS) is 11.7. The van der Waals surface area contributed by atoms with Gasteiger partial charge in [0.05, 0.1) is 45.3 Å². The third-order valence-corrected chi connectivity index (χ3v) is 15.7. The zero-order chi connectivity index (χ0) is 50.4. The Balaban J connectivity index is 1.03. The summed E-state index contributed by atoms with van der Waals surface area (Å²) in [5, 5.41) is 34.0. The summed E-state index contributed by atoms with van der Waals surface area (Å²) < 4.78 is 4.59. The predicted octanol–water partition coefficient (Wildman–Crippen LogP) is 18.9. The van der Waals surface area contributed by atoms with Gasteiger partial charge in [-0.05, 0) is 160 Å². The van der Waals surface area contributed by atoms with Crippen molar-refractivity contribution >= 4 is 86.7 Å². The van der Waals surface area contributed by atoms with E-state index in [2.05, 4.69) is 240 Å². The standard InChI is InChI=1S/C72H42N4/c73-43-45-25-31-57-59-33-27-51(41-69(59)75(67(57)37-45)53-17-3-1-4-18-53)49-29-35-63-65(39-49)71(61-23-11-15-47-13-7-9-21-55(47)61)64-36-30-50(40-66(64)72(63)62-24-12-16-48-14-8-10-22-56(48)62)52-28-34-60-58-32-26-46(44-74)38-68(58)76(70(60)42-52)54-19-5-2-6-20-54/h1-42H. The molecule has 350 valence electrons. The highest BCUT2D eigenvalue weighted by Crippen LogP contribution is 2.49. The van der Waals surface area contributed by atoms with Crippen LogP contribution in [-0.2, 0) is 0 Å². The van der Waals surface area contributed by atoms with Crippen LogP contribution in [0.25, 0.3) is 143 Å². The molecule has 15 aromatic rings. The fourth-order valence-corrected chi connectivity index (χ4v) is 12.3. The lowest BCUT2D eigenvalue weighted by atomic mass is 9.82. The number of rotatable bonds is 6. The summed E-state index contributed by atoms with van der Waals surface area (Å²) >= 11 is 0. The summed E-state index contributed by atoms with van der Waals surface area (Å²) in [7, 11) is 0. The lowest BCUT2D eigenvalue weighted by Crippen LogP contribution is -1.95. The fourth-order valence-electron chi connectivity index (χ4n) is 12.3. The van der Waals surface area contributed by atoms with E-state index in [4.69, 9.17) is 0 Å². The first kappa shape index (κ1) is 43.1. The molecule has 0 atom stereocenters. The number of benzene rings is 13. The second-order valence-corrected chi connectivity index (χ2v) is 19.8. The Bertz CT molecular complexity index is 4680. The van der Waals surface area contributed by atoms with Gasteiger partial charge in [-0.15, -0.1) is 0 Å². The monoisotopic (exact) mass is 962 g/mol. The van der Waals surface area contributed by atoms with Gasteiger partial charge in [0, 0.05) is 32.9 Å². The van der Waals surface area contributed by atoms with E-state index in [9.17, 15) is 10.5 Å². The smallest absolute Gasteiger partial charge is 0.0992 e. The third-order valence-electron chi connectivity index (χ3n) is 15.7. The molecule has 4 nitrogen and oxygen atoms in total. The quantitative estimate of drug-likeness (QED) is 0.156. The van der Waals surface area contributed by atoms with Crippen molar-refractivity contribution < 1.29 is 0 Å². The second kappa shape index (κ2) is 17.0. The van der Waals surface area contributed by atoms with Crippen molar-refractivity contribution in [3.05, 3.63) is 266 Å². The van der Waals surface area contributed by atoms with Gasteiger partial charge in [-0.2, -0.15) is 10.5 Å². The number of hydrogen-bond acceptors (Lipinski definition) is 2. The van der Waals surface area contributed by atoms with Crippen LogP contribution < -0.4 is 0 Å². The summed E-state index contributed by atoms with van der Waals surface area (Å²) in [5.74, 6) is 0. The minimum atomic E-state index is 0.633. The molecule has 0 saturated carbocycles. The van der Waals surface area contributed by atoms with E-state index in [-0.39, 0.29) is 0 Å². The molecule has 0 bridgehead atoms. The van der Waals surface area contributed by atoms with Gasteiger partial charge in [0.25, 0.3) is 0 Å². The maximum atomic E-state index is 10.0. The number of nitriles is 2. The van der Waals surface area contributed by atoms with Crippen LogP contribution in [0.2, 0.25) is 0 Å². The van der Waals surface area contributed by atoms with E-state index in [1.807, 2.05) is 36.4 Å². The molecular weight excluding hydrogens is 921 g/mol. The van der Waals surface area contributed by atoms with Gasteiger partial charge in [-0.3, -0.25) is 0 Å². The van der Waals surface area contributed by atoms with Crippen molar-refractivity contribution in [2.45, 2.75) is 0 Å². The number of aromatic nitrogens is 2. The molecule has 0 aliphatic rings. The Hall–Kier alpha value is -10.5. The van der Waals surface area contributed by atoms with Gasteiger partial charge in [-0.1, -0.05) is 182 Å². The van der Waals surface area contributed by atoms with Gasteiger partial charge in [0.15, 0.2) is 0 Å². The Kier molecular flexibility index (Phi) is 9.66. The summed E-state index contributed by atoms with van der Waals surface area (Å²) in [4.78, 5) is 0. The molecule has 0 amide bonds. The topological polar surface area (TPSA) is 57.4 Å². The van der Waals surface area contributed by atoms with Gasteiger partial charge >= 0.3 is 0 Å². The van der Waals surface area contributed by atoms with Crippen LogP contribution in [-0.4, -0.2) is 9.13 Å². The molecule has 0 saturated heterocycles. The molecule has 15 rings (SSSR count). The number of fused-ring (bicyclic) bond motifs is 10. The average molecular weight is 963 g/mol. The zero-order valence-corrected chi connectivity index (χ0v) is 41.0. The number of hydrogen-bond donors (Lipinski definition) is 0. The Morgan fingerprint density at radius 1 is 0.250 bits per heavy atom. The Morgan fingerprint density at radius 2 is 0.592 bits per heavy atom. The zero-order valence-electron chi connectivity index (χ0n) is 41.0. The molecule has 0 unspecified atom stereocenters. The molecule has 0 spiro atoms. The van der Waals surface area contributed by atoms with Crippen molar-refractivity contribution in [2.75, 3.05) is 0 Å².